The molecule has 0 spiro atoms. The van der Waals surface area contributed by atoms with E-state index in [4.69, 9.17) is 9.26 Å². The molecule has 0 saturated heterocycles. The van der Waals surface area contributed by atoms with Gasteiger partial charge in [0.25, 0.3) is 4.96 Å². The molecule has 0 aliphatic heterocycles. The van der Waals surface area contributed by atoms with Crippen molar-refractivity contribution in [1.82, 2.24) is 19.5 Å². The maximum Gasteiger partial charge on any atom is 0.372 e. The molecule has 0 radical (unpaired) electrons. The smallest absolute Gasteiger partial charge is 0.372 e. The standard InChI is InChI=1S/C19H20N6O5S/c1-29-14-11-12(6-7-13(14)26)16-21-15(30-23-16)5-3-2-4-8-20-17-18(25(27)28)24-9-10-31-19(24)22-17/h6-7,9-11,20,26H,2-5,8H2,1H3. The maximum atomic E-state index is 11.3. The van der Waals surface area contributed by atoms with E-state index in [0.717, 1.165) is 19.3 Å². The Morgan fingerprint density at radius 1 is 1.32 bits per heavy atom. The highest BCUT2D eigenvalue weighted by molar-refractivity contribution is 7.15. The van der Waals surface area contributed by atoms with Crippen LogP contribution in [0.15, 0.2) is 34.3 Å². The van der Waals surface area contributed by atoms with Crippen LogP contribution in [0, 0.1) is 10.1 Å². The molecule has 3 heterocycles. The lowest BCUT2D eigenvalue weighted by atomic mass is 10.2. The van der Waals surface area contributed by atoms with Crippen LogP contribution in [-0.4, -0.2) is 43.2 Å². The molecule has 12 heteroatoms. The molecule has 0 atom stereocenters. The van der Waals surface area contributed by atoms with Gasteiger partial charge in [0.15, 0.2) is 11.5 Å². The van der Waals surface area contributed by atoms with Gasteiger partial charge >= 0.3 is 5.82 Å². The van der Waals surface area contributed by atoms with Crippen molar-refractivity contribution in [2.24, 2.45) is 0 Å². The number of benzene rings is 1. The number of nitro groups is 1. The monoisotopic (exact) mass is 444 g/mol. The van der Waals surface area contributed by atoms with Gasteiger partial charge in [0.1, 0.15) is 6.20 Å². The summed E-state index contributed by atoms with van der Waals surface area (Å²) >= 11 is 1.35. The number of methoxy groups -OCH3 is 1. The van der Waals surface area contributed by atoms with Crippen LogP contribution in [0.5, 0.6) is 11.5 Å². The van der Waals surface area contributed by atoms with Crippen LogP contribution in [0.25, 0.3) is 16.3 Å². The number of hydrogen-bond donors (Lipinski definition) is 2. The number of phenolic OH excluding ortho intramolecular Hbond substituents is 1. The fourth-order valence-electron chi connectivity index (χ4n) is 3.14. The number of imidazole rings is 1. The second-order valence-corrected chi connectivity index (χ2v) is 7.61. The minimum absolute atomic E-state index is 0.0412. The van der Waals surface area contributed by atoms with E-state index in [2.05, 4.69) is 20.4 Å². The third kappa shape index (κ3) is 4.43. The van der Waals surface area contributed by atoms with E-state index in [1.165, 1.54) is 28.9 Å². The van der Waals surface area contributed by atoms with E-state index >= 15 is 0 Å². The van der Waals surface area contributed by atoms with Crippen LogP contribution in [0.2, 0.25) is 0 Å². The number of fused-ring (bicyclic) bond motifs is 1. The molecule has 2 N–H and O–H groups in total. The van der Waals surface area contributed by atoms with Crippen molar-refractivity contribution in [2.45, 2.75) is 25.7 Å². The maximum absolute atomic E-state index is 11.3. The number of rotatable bonds is 10. The molecule has 0 amide bonds. The zero-order chi connectivity index (χ0) is 21.8. The normalized spacial score (nSPS) is 11.1. The first kappa shape index (κ1) is 20.6. The number of ether oxygens (including phenoxy) is 1. The topological polar surface area (TPSA) is 141 Å². The lowest BCUT2D eigenvalue weighted by Gasteiger charge is -2.03. The van der Waals surface area contributed by atoms with Crippen molar-refractivity contribution in [1.29, 1.82) is 0 Å². The van der Waals surface area contributed by atoms with E-state index in [1.54, 1.807) is 23.7 Å². The number of unbranched alkanes of at least 4 members (excludes halogenated alkanes) is 2. The zero-order valence-electron chi connectivity index (χ0n) is 16.6. The SMILES string of the molecule is COc1cc(-c2noc(CCCCCNc3nc4sccn4c3[N+](=O)[O-])n2)ccc1O. The Kier molecular flexibility index (Phi) is 5.98. The molecule has 4 rings (SSSR count). The van der Waals surface area contributed by atoms with Crippen LogP contribution in [0.3, 0.4) is 0 Å². The van der Waals surface area contributed by atoms with Crippen LogP contribution in [0.1, 0.15) is 25.2 Å². The average molecular weight is 444 g/mol. The first-order chi connectivity index (χ1) is 15.1. The summed E-state index contributed by atoms with van der Waals surface area (Å²) in [7, 11) is 1.48. The number of aromatic nitrogens is 4. The van der Waals surface area contributed by atoms with Crippen molar-refractivity contribution in [3.63, 3.8) is 0 Å². The van der Waals surface area contributed by atoms with E-state index in [-0.39, 0.29) is 11.6 Å². The first-order valence-corrected chi connectivity index (χ1v) is 10.5. The Bertz CT molecular complexity index is 1200. The van der Waals surface area contributed by atoms with Crippen molar-refractivity contribution in [3.8, 4) is 22.9 Å². The number of thiazole rings is 1. The second kappa shape index (κ2) is 9.00. The Morgan fingerprint density at radius 2 is 2.19 bits per heavy atom. The highest BCUT2D eigenvalue weighted by Crippen LogP contribution is 2.30. The number of anilines is 1. The Labute approximate surface area is 180 Å². The minimum atomic E-state index is -0.425. The van der Waals surface area contributed by atoms with Crippen LogP contribution < -0.4 is 10.1 Å². The summed E-state index contributed by atoms with van der Waals surface area (Å²) in [6.45, 7) is 0.577. The number of hydrogen-bond acceptors (Lipinski definition) is 10. The van der Waals surface area contributed by atoms with Crippen molar-refractivity contribution in [2.75, 3.05) is 19.0 Å². The molecule has 3 aromatic heterocycles. The van der Waals surface area contributed by atoms with Gasteiger partial charge in [-0.3, -0.25) is 0 Å². The van der Waals surface area contributed by atoms with E-state index in [0.29, 0.717) is 46.8 Å². The third-order valence-electron chi connectivity index (χ3n) is 4.68. The van der Waals surface area contributed by atoms with Gasteiger partial charge in [0.2, 0.25) is 17.5 Å². The molecule has 0 bridgehead atoms. The lowest BCUT2D eigenvalue weighted by molar-refractivity contribution is -0.389. The number of aromatic hydroxyl groups is 1. The van der Waals surface area contributed by atoms with Gasteiger partial charge < -0.3 is 29.8 Å². The van der Waals surface area contributed by atoms with Gasteiger partial charge in [0.05, 0.1) is 7.11 Å². The van der Waals surface area contributed by atoms with E-state index < -0.39 is 4.92 Å². The molecular weight excluding hydrogens is 424 g/mol. The van der Waals surface area contributed by atoms with Gasteiger partial charge in [-0.25, -0.2) is 0 Å². The van der Waals surface area contributed by atoms with Gasteiger partial charge in [-0.1, -0.05) is 22.9 Å². The summed E-state index contributed by atoms with van der Waals surface area (Å²) in [5, 5.41) is 29.8. The molecule has 4 aromatic rings. The Hall–Kier alpha value is -3.67. The molecule has 0 aliphatic carbocycles. The Balaban J connectivity index is 1.25. The molecule has 0 aliphatic rings. The predicted molar refractivity (Wildman–Crippen MR) is 114 cm³/mol. The first-order valence-electron chi connectivity index (χ1n) is 9.60. The van der Waals surface area contributed by atoms with E-state index in [1.807, 2.05) is 0 Å². The summed E-state index contributed by atoms with van der Waals surface area (Å²) in [6, 6.07) is 4.86. The molecule has 31 heavy (non-hydrogen) atoms. The molecule has 0 unspecified atom stereocenters. The van der Waals surface area contributed by atoms with Gasteiger partial charge in [-0.15, -0.1) is 0 Å². The number of aryl methyl sites for hydroxylation is 1. The molecule has 1 aromatic carbocycles. The lowest BCUT2D eigenvalue weighted by Crippen LogP contribution is -2.05. The fraction of sp³-hybridized carbons (Fsp3) is 0.316. The van der Waals surface area contributed by atoms with Gasteiger partial charge in [0, 0.05) is 23.9 Å². The van der Waals surface area contributed by atoms with E-state index in [9.17, 15) is 15.2 Å². The highest BCUT2D eigenvalue weighted by atomic mass is 32.1. The zero-order valence-corrected chi connectivity index (χ0v) is 17.5. The largest absolute Gasteiger partial charge is 0.504 e. The van der Waals surface area contributed by atoms with Gasteiger partial charge in [-0.2, -0.15) is 14.4 Å². The predicted octanol–water partition coefficient (Wildman–Crippen LogP) is 3.89. The van der Waals surface area contributed by atoms with Crippen LogP contribution in [0.4, 0.5) is 11.6 Å². The third-order valence-corrected chi connectivity index (χ3v) is 5.43. The summed E-state index contributed by atoms with van der Waals surface area (Å²) in [6.07, 6.45) is 4.81. The molecule has 0 fully saturated rings. The van der Waals surface area contributed by atoms with Crippen molar-refractivity contribution < 1.29 is 19.3 Å². The number of nitrogens with zero attached hydrogens (tertiary/aromatic N) is 5. The van der Waals surface area contributed by atoms with Crippen molar-refractivity contribution in [3.05, 3.63) is 45.8 Å². The van der Waals surface area contributed by atoms with Crippen molar-refractivity contribution >= 4 is 27.9 Å². The van der Waals surface area contributed by atoms with Crippen LogP contribution >= 0.6 is 11.3 Å². The molecule has 162 valence electrons. The average Bonchev–Trinajstić information content (AvgIpc) is 3.46. The number of phenols is 1. The number of nitrogens with one attached hydrogen (secondary N) is 1. The fourth-order valence-corrected chi connectivity index (χ4v) is 3.85. The Morgan fingerprint density at radius 3 is 3.00 bits per heavy atom. The summed E-state index contributed by atoms with van der Waals surface area (Å²) in [4.78, 5) is 20.1. The molecule has 11 nitrogen and oxygen atoms in total. The quantitative estimate of drug-likeness (QED) is 0.212. The minimum Gasteiger partial charge on any atom is -0.504 e. The van der Waals surface area contributed by atoms with Crippen LogP contribution in [-0.2, 0) is 6.42 Å². The van der Waals surface area contributed by atoms with Gasteiger partial charge in [-0.05, 0) is 36.0 Å². The molecular formula is C19H20N6O5S. The summed E-state index contributed by atoms with van der Waals surface area (Å²) < 4.78 is 11.9. The summed E-state index contributed by atoms with van der Waals surface area (Å²) in [5.41, 5.74) is 0.690. The second-order valence-electron chi connectivity index (χ2n) is 6.73. The molecule has 0 saturated carbocycles. The highest BCUT2D eigenvalue weighted by Gasteiger charge is 2.23. The summed E-state index contributed by atoms with van der Waals surface area (Å²) in [5.74, 6) is 1.60.